The van der Waals surface area contributed by atoms with Gasteiger partial charge in [-0.3, -0.25) is 0 Å². The van der Waals surface area contributed by atoms with Crippen molar-refractivity contribution >= 4 is 34.7 Å². The van der Waals surface area contributed by atoms with Crippen LogP contribution in [-0.4, -0.2) is 54.6 Å². The predicted octanol–water partition coefficient (Wildman–Crippen LogP) is 4.32. The molecule has 2 aromatic rings. The van der Waals surface area contributed by atoms with Crippen molar-refractivity contribution in [1.29, 1.82) is 0 Å². The minimum absolute atomic E-state index is 0.114. The number of piperazine rings is 1. The maximum atomic E-state index is 14.3. The van der Waals surface area contributed by atoms with Gasteiger partial charge in [0.05, 0.1) is 16.0 Å². The summed E-state index contributed by atoms with van der Waals surface area (Å²) < 4.78 is 54.3. The summed E-state index contributed by atoms with van der Waals surface area (Å²) in [4.78, 5) is 8.61. The number of rotatable bonds is 4. The van der Waals surface area contributed by atoms with E-state index in [1.807, 2.05) is 24.3 Å². The molecular formula is C22H23F4N5OS. The number of halogens is 4. The Balaban J connectivity index is 1.50. The van der Waals surface area contributed by atoms with Gasteiger partial charge in [0.2, 0.25) is 0 Å². The number of hydrogen-bond donors (Lipinski definition) is 3. The Morgan fingerprint density at radius 1 is 1.12 bits per heavy atom. The van der Waals surface area contributed by atoms with E-state index in [-0.39, 0.29) is 10.7 Å². The first-order chi connectivity index (χ1) is 15.6. The molecule has 176 valence electrons. The van der Waals surface area contributed by atoms with Crippen LogP contribution in [0.3, 0.4) is 0 Å². The van der Waals surface area contributed by atoms with Gasteiger partial charge in [0, 0.05) is 37.6 Å². The first-order valence-corrected chi connectivity index (χ1v) is 11.1. The number of hydrogen-bond acceptors (Lipinski definition) is 7. The van der Waals surface area contributed by atoms with E-state index >= 15 is 0 Å². The van der Waals surface area contributed by atoms with E-state index in [2.05, 4.69) is 27.2 Å². The number of aliphatic hydroxyl groups excluding tert-OH is 1. The fraction of sp³-hybridized carbons (Fsp3) is 0.318. The maximum absolute atomic E-state index is 14.3. The van der Waals surface area contributed by atoms with Crippen molar-refractivity contribution in [2.24, 2.45) is 10.7 Å². The second-order valence-corrected chi connectivity index (χ2v) is 8.89. The Labute approximate surface area is 192 Å². The molecule has 0 amide bonds. The number of nitrogens with two attached hydrogens (primary N) is 1. The van der Waals surface area contributed by atoms with Gasteiger partial charge in [0.1, 0.15) is 17.4 Å². The summed E-state index contributed by atoms with van der Waals surface area (Å²) in [5, 5.41) is 13.6. The Morgan fingerprint density at radius 3 is 2.42 bits per heavy atom. The summed E-state index contributed by atoms with van der Waals surface area (Å²) in [7, 11) is 2.09. The number of nitrogens with one attached hydrogen (secondary N) is 1. The standard InChI is InChI=1S/C22H23F4N5OS/c1-30-9-11-31(12-10-30)14-7-5-13(6-8-14)28-21-29-20(27)19(33-21)18(32)17-15(22(24,25)26)3-2-4-16(17)23/h2-8,21,28,32H,9-12H2,1H3,(H2,27,29). The minimum atomic E-state index is -4.84. The normalized spacial score (nSPS) is 21.2. The van der Waals surface area contributed by atoms with Crippen LogP contribution in [0.15, 0.2) is 52.4 Å². The van der Waals surface area contributed by atoms with E-state index in [1.54, 1.807) is 0 Å². The molecule has 11 heteroatoms. The highest BCUT2D eigenvalue weighted by Gasteiger charge is 2.37. The van der Waals surface area contributed by atoms with E-state index < -0.39 is 34.4 Å². The monoisotopic (exact) mass is 481 g/mol. The van der Waals surface area contributed by atoms with Crippen LogP contribution >= 0.6 is 11.8 Å². The summed E-state index contributed by atoms with van der Waals surface area (Å²) in [6, 6.07) is 10.2. The highest BCUT2D eigenvalue weighted by Crippen LogP contribution is 2.41. The lowest BCUT2D eigenvalue weighted by Crippen LogP contribution is -2.44. The van der Waals surface area contributed by atoms with Crippen molar-refractivity contribution < 1.29 is 22.7 Å². The van der Waals surface area contributed by atoms with E-state index in [1.165, 1.54) is 0 Å². The molecule has 1 fully saturated rings. The van der Waals surface area contributed by atoms with Crippen LogP contribution in [0.4, 0.5) is 28.9 Å². The van der Waals surface area contributed by atoms with E-state index in [9.17, 15) is 22.7 Å². The molecule has 1 saturated heterocycles. The average Bonchev–Trinajstić information content (AvgIpc) is 3.13. The first kappa shape index (κ1) is 23.2. The third kappa shape index (κ3) is 5.03. The van der Waals surface area contributed by atoms with Crippen molar-refractivity contribution in [3.05, 3.63) is 64.3 Å². The molecule has 0 aliphatic carbocycles. The number of alkyl halides is 3. The summed E-state index contributed by atoms with van der Waals surface area (Å²) >= 11 is 0.917. The molecule has 4 N–H and O–H groups in total. The van der Waals surface area contributed by atoms with Crippen LogP contribution in [-0.2, 0) is 6.18 Å². The molecule has 2 aliphatic rings. The third-order valence-electron chi connectivity index (χ3n) is 5.52. The fourth-order valence-electron chi connectivity index (χ4n) is 3.71. The molecular weight excluding hydrogens is 458 g/mol. The van der Waals surface area contributed by atoms with Gasteiger partial charge >= 0.3 is 6.18 Å². The van der Waals surface area contributed by atoms with E-state index in [4.69, 9.17) is 5.73 Å². The first-order valence-electron chi connectivity index (χ1n) is 10.2. The number of aliphatic hydroxyl groups is 1. The van der Waals surface area contributed by atoms with Gasteiger partial charge in [-0.25, -0.2) is 9.38 Å². The highest BCUT2D eigenvalue weighted by molar-refractivity contribution is 8.05. The zero-order valence-corrected chi connectivity index (χ0v) is 18.6. The van der Waals surface area contributed by atoms with Gasteiger partial charge in [0.15, 0.2) is 5.50 Å². The van der Waals surface area contributed by atoms with Crippen LogP contribution in [0.2, 0.25) is 0 Å². The van der Waals surface area contributed by atoms with Gasteiger partial charge in [-0.15, -0.1) is 0 Å². The molecule has 2 aromatic carbocycles. The molecule has 0 aromatic heterocycles. The summed E-state index contributed by atoms with van der Waals surface area (Å²) in [5.41, 5.74) is 4.77. The van der Waals surface area contributed by atoms with Gasteiger partial charge in [-0.1, -0.05) is 17.8 Å². The second-order valence-electron chi connectivity index (χ2n) is 7.80. The van der Waals surface area contributed by atoms with E-state index in [0.29, 0.717) is 6.07 Å². The number of aliphatic imine (C=N–C) groups is 1. The van der Waals surface area contributed by atoms with Crippen molar-refractivity contribution in [3.8, 4) is 0 Å². The van der Waals surface area contributed by atoms with Gasteiger partial charge < -0.3 is 26.0 Å². The van der Waals surface area contributed by atoms with Crippen LogP contribution < -0.4 is 16.0 Å². The van der Waals surface area contributed by atoms with Crippen molar-refractivity contribution in [2.75, 3.05) is 43.4 Å². The molecule has 0 spiro atoms. The second kappa shape index (κ2) is 9.14. The van der Waals surface area contributed by atoms with Crippen LogP contribution in [0.5, 0.6) is 0 Å². The number of anilines is 2. The molecule has 4 rings (SSSR count). The molecule has 0 bridgehead atoms. The Hall–Kier alpha value is -2.92. The molecule has 33 heavy (non-hydrogen) atoms. The Kier molecular flexibility index (Phi) is 6.44. The summed E-state index contributed by atoms with van der Waals surface area (Å²) in [5.74, 6) is -2.25. The largest absolute Gasteiger partial charge is 0.506 e. The topological polar surface area (TPSA) is 77.1 Å². The predicted molar refractivity (Wildman–Crippen MR) is 124 cm³/mol. The number of thioether (sulfide) groups is 1. The number of likely N-dealkylation sites (N-methyl/N-ethyl adjacent to an activating group) is 1. The molecule has 2 heterocycles. The van der Waals surface area contributed by atoms with Crippen LogP contribution in [0.1, 0.15) is 11.1 Å². The van der Waals surface area contributed by atoms with Crippen molar-refractivity contribution in [1.82, 2.24) is 4.90 Å². The smallest absolute Gasteiger partial charge is 0.417 e. The molecule has 6 nitrogen and oxygen atoms in total. The van der Waals surface area contributed by atoms with Crippen molar-refractivity contribution in [3.63, 3.8) is 0 Å². The zero-order chi connectivity index (χ0) is 23.8. The molecule has 1 unspecified atom stereocenters. The van der Waals surface area contributed by atoms with Gasteiger partial charge in [0.25, 0.3) is 0 Å². The molecule has 2 aliphatic heterocycles. The van der Waals surface area contributed by atoms with Crippen LogP contribution in [0.25, 0.3) is 5.76 Å². The number of benzene rings is 2. The highest BCUT2D eigenvalue weighted by atomic mass is 32.2. The molecule has 0 saturated carbocycles. The van der Waals surface area contributed by atoms with Crippen molar-refractivity contribution in [2.45, 2.75) is 11.7 Å². The molecule has 1 atom stereocenters. The lowest BCUT2D eigenvalue weighted by molar-refractivity contribution is -0.138. The van der Waals surface area contributed by atoms with Gasteiger partial charge in [-0.2, -0.15) is 13.2 Å². The zero-order valence-electron chi connectivity index (χ0n) is 17.7. The number of nitrogens with zero attached hydrogens (tertiary/aromatic N) is 3. The average molecular weight is 482 g/mol. The van der Waals surface area contributed by atoms with Gasteiger partial charge in [-0.05, 0) is 43.4 Å². The lowest BCUT2D eigenvalue weighted by Gasteiger charge is -2.34. The fourth-order valence-corrected chi connectivity index (χ4v) is 4.68. The Morgan fingerprint density at radius 2 is 1.79 bits per heavy atom. The summed E-state index contributed by atoms with van der Waals surface area (Å²) in [6.45, 7) is 3.85. The number of amidine groups is 1. The van der Waals surface area contributed by atoms with Crippen LogP contribution in [0, 0.1) is 5.82 Å². The lowest BCUT2D eigenvalue weighted by atomic mass is 10.0. The maximum Gasteiger partial charge on any atom is 0.417 e. The molecule has 0 radical (unpaired) electrons. The quantitative estimate of drug-likeness (QED) is 0.446. The SMILES string of the molecule is CN1CCN(c2ccc(NC3N=C(N)C(=C(O)c4c(F)cccc4C(F)(F)F)S3)cc2)CC1. The Bertz CT molecular complexity index is 1080. The third-order valence-corrected chi connectivity index (χ3v) is 6.60. The van der Waals surface area contributed by atoms with E-state index in [0.717, 1.165) is 61.4 Å². The minimum Gasteiger partial charge on any atom is -0.506 e. The summed E-state index contributed by atoms with van der Waals surface area (Å²) in [6.07, 6.45) is -4.84.